The topological polar surface area (TPSA) is 58.6 Å². The smallest absolute Gasteiger partial charge is 0.339 e. The highest BCUT2D eigenvalue weighted by Crippen LogP contribution is 2.22. The molecule has 0 aromatic carbocycles. The van der Waals surface area contributed by atoms with Gasteiger partial charge in [0, 0.05) is 44.6 Å². The van der Waals surface area contributed by atoms with E-state index in [4.69, 9.17) is 4.74 Å². The third-order valence-electron chi connectivity index (χ3n) is 4.58. The van der Waals surface area contributed by atoms with Crippen molar-refractivity contribution in [2.75, 3.05) is 37.7 Å². The molecular weight excluding hydrogens is 316 g/mol. The highest BCUT2D eigenvalue weighted by molar-refractivity contribution is 5.90. The number of rotatable bonds is 5. The van der Waals surface area contributed by atoms with Crippen molar-refractivity contribution in [2.45, 2.75) is 19.9 Å². The van der Waals surface area contributed by atoms with Crippen molar-refractivity contribution in [3.05, 3.63) is 54.1 Å². The summed E-state index contributed by atoms with van der Waals surface area (Å²) in [5, 5.41) is 0. The van der Waals surface area contributed by atoms with Gasteiger partial charge in [-0.2, -0.15) is 0 Å². The minimum Gasteiger partial charge on any atom is -0.462 e. The first-order chi connectivity index (χ1) is 12.2. The standard InChI is InChI=1S/C19H24N4O2/c1-3-25-19(24)16-12-17(14-20-13-16)23-10-8-22(9-11-23)15(2)18-6-4-5-7-21-18/h4-7,12-15H,3,8-11H2,1-2H3. The zero-order chi connectivity index (χ0) is 17.6. The van der Waals surface area contributed by atoms with E-state index in [1.807, 2.05) is 24.4 Å². The van der Waals surface area contributed by atoms with Gasteiger partial charge in [0.15, 0.2) is 0 Å². The number of carbonyl (C=O) groups excluding carboxylic acids is 1. The SMILES string of the molecule is CCOC(=O)c1cncc(N2CCN(C(C)c3ccccn3)CC2)c1. The lowest BCUT2D eigenvalue weighted by Gasteiger charge is -2.38. The van der Waals surface area contributed by atoms with E-state index in [0.29, 0.717) is 18.2 Å². The molecule has 132 valence electrons. The average molecular weight is 340 g/mol. The van der Waals surface area contributed by atoms with Gasteiger partial charge in [0.05, 0.1) is 29.7 Å². The number of carbonyl (C=O) groups is 1. The van der Waals surface area contributed by atoms with Crippen molar-refractivity contribution in [3.8, 4) is 0 Å². The van der Waals surface area contributed by atoms with Crippen molar-refractivity contribution in [1.82, 2.24) is 14.9 Å². The third kappa shape index (κ3) is 4.14. The Bertz CT molecular complexity index is 700. The maximum Gasteiger partial charge on any atom is 0.339 e. The Labute approximate surface area is 148 Å². The summed E-state index contributed by atoms with van der Waals surface area (Å²) in [4.78, 5) is 25.2. The summed E-state index contributed by atoms with van der Waals surface area (Å²) in [6.07, 6.45) is 5.20. The fourth-order valence-electron chi connectivity index (χ4n) is 3.10. The Morgan fingerprint density at radius 3 is 2.72 bits per heavy atom. The van der Waals surface area contributed by atoms with Gasteiger partial charge in [-0.1, -0.05) is 6.07 Å². The Morgan fingerprint density at radius 1 is 1.24 bits per heavy atom. The van der Waals surface area contributed by atoms with Gasteiger partial charge < -0.3 is 9.64 Å². The highest BCUT2D eigenvalue weighted by Gasteiger charge is 2.23. The molecule has 25 heavy (non-hydrogen) atoms. The van der Waals surface area contributed by atoms with Gasteiger partial charge in [0.2, 0.25) is 0 Å². The third-order valence-corrected chi connectivity index (χ3v) is 4.58. The van der Waals surface area contributed by atoms with Crippen LogP contribution in [-0.4, -0.2) is 53.6 Å². The summed E-state index contributed by atoms with van der Waals surface area (Å²) >= 11 is 0. The number of pyridine rings is 2. The average Bonchev–Trinajstić information content (AvgIpc) is 2.68. The molecule has 2 aromatic rings. The normalized spacial score (nSPS) is 16.5. The van der Waals surface area contributed by atoms with Crippen LogP contribution in [0.5, 0.6) is 0 Å². The number of aromatic nitrogens is 2. The quantitative estimate of drug-likeness (QED) is 0.780. The summed E-state index contributed by atoms with van der Waals surface area (Å²) < 4.78 is 5.06. The zero-order valence-corrected chi connectivity index (χ0v) is 14.8. The fraction of sp³-hybridized carbons (Fsp3) is 0.421. The monoisotopic (exact) mass is 340 g/mol. The molecule has 1 unspecified atom stereocenters. The molecule has 2 aromatic heterocycles. The van der Waals surface area contributed by atoms with Gasteiger partial charge in [0.25, 0.3) is 0 Å². The lowest BCUT2D eigenvalue weighted by atomic mass is 10.1. The summed E-state index contributed by atoms with van der Waals surface area (Å²) in [5.41, 5.74) is 2.57. The predicted octanol–water partition coefficient (Wildman–Crippen LogP) is 2.54. The molecular formula is C19H24N4O2. The van der Waals surface area contributed by atoms with Crippen LogP contribution >= 0.6 is 0 Å². The van der Waals surface area contributed by atoms with Crippen LogP contribution in [0.1, 0.15) is 35.9 Å². The first kappa shape index (κ1) is 17.4. The number of ether oxygens (including phenoxy) is 1. The maximum absolute atomic E-state index is 11.9. The lowest BCUT2D eigenvalue weighted by Crippen LogP contribution is -2.47. The Balaban J connectivity index is 1.62. The summed E-state index contributed by atoms with van der Waals surface area (Å²) in [7, 11) is 0. The number of hydrogen-bond acceptors (Lipinski definition) is 6. The van der Waals surface area contributed by atoms with Crippen molar-refractivity contribution in [3.63, 3.8) is 0 Å². The summed E-state index contributed by atoms with van der Waals surface area (Å²) in [5.74, 6) is -0.320. The van der Waals surface area contributed by atoms with E-state index in [0.717, 1.165) is 37.6 Å². The van der Waals surface area contributed by atoms with E-state index in [2.05, 4.69) is 32.8 Å². The molecule has 0 aliphatic carbocycles. The maximum atomic E-state index is 11.9. The van der Waals surface area contributed by atoms with E-state index in [1.54, 1.807) is 19.3 Å². The number of nitrogens with zero attached hydrogens (tertiary/aromatic N) is 4. The molecule has 0 spiro atoms. The molecule has 0 radical (unpaired) electrons. The zero-order valence-electron chi connectivity index (χ0n) is 14.8. The van der Waals surface area contributed by atoms with Gasteiger partial charge in [-0.15, -0.1) is 0 Å². The van der Waals surface area contributed by atoms with E-state index in [9.17, 15) is 4.79 Å². The molecule has 0 bridgehead atoms. The second-order valence-corrected chi connectivity index (χ2v) is 6.11. The molecule has 0 saturated carbocycles. The first-order valence-electron chi connectivity index (χ1n) is 8.71. The molecule has 6 nitrogen and oxygen atoms in total. The molecule has 1 aliphatic rings. The van der Waals surface area contributed by atoms with Crippen molar-refractivity contribution < 1.29 is 9.53 Å². The fourth-order valence-corrected chi connectivity index (χ4v) is 3.10. The van der Waals surface area contributed by atoms with Crippen LogP contribution in [0.3, 0.4) is 0 Å². The molecule has 1 saturated heterocycles. The summed E-state index contributed by atoms with van der Waals surface area (Å²) in [6.45, 7) is 8.05. The van der Waals surface area contributed by atoms with Gasteiger partial charge >= 0.3 is 5.97 Å². The van der Waals surface area contributed by atoms with Gasteiger partial charge in [-0.25, -0.2) is 4.79 Å². The van der Waals surface area contributed by atoms with E-state index in [1.165, 1.54) is 0 Å². The number of hydrogen-bond donors (Lipinski definition) is 0. The Morgan fingerprint density at radius 2 is 2.04 bits per heavy atom. The van der Waals surface area contributed by atoms with Crippen molar-refractivity contribution in [1.29, 1.82) is 0 Å². The van der Waals surface area contributed by atoms with Crippen LogP contribution < -0.4 is 4.90 Å². The van der Waals surface area contributed by atoms with Gasteiger partial charge in [-0.05, 0) is 32.0 Å². The van der Waals surface area contributed by atoms with E-state index in [-0.39, 0.29) is 5.97 Å². The highest BCUT2D eigenvalue weighted by atomic mass is 16.5. The molecule has 3 heterocycles. The molecule has 6 heteroatoms. The van der Waals surface area contributed by atoms with Crippen LogP contribution in [0, 0.1) is 0 Å². The van der Waals surface area contributed by atoms with Crippen LogP contribution in [0.2, 0.25) is 0 Å². The second-order valence-electron chi connectivity index (χ2n) is 6.11. The molecule has 3 rings (SSSR count). The van der Waals surface area contributed by atoms with Crippen LogP contribution in [0.25, 0.3) is 0 Å². The molecule has 1 aliphatic heterocycles. The van der Waals surface area contributed by atoms with Crippen LogP contribution in [0.4, 0.5) is 5.69 Å². The first-order valence-corrected chi connectivity index (χ1v) is 8.71. The second kappa shape index (κ2) is 8.07. The number of anilines is 1. The van der Waals surface area contributed by atoms with Gasteiger partial charge in [0.1, 0.15) is 0 Å². The summed E-state index contributed by atoms with van der Waals surface area (Å²) in [6, 6.07) is 8.21. The number of piperazine rings is 1. The van der Waals surface area contributed by atoms with Crippen LogP contribution in [0.15, 0.2) is 42.9 Å². The largest absolute Gasteiger partial charge is 0.462 e. The Hall–Kier alpha value is -2.47. The molecule has 0 N–H and O–H groups in total. The van der Waals surface area contributed by atoms with Gasteiger partial charge in [-0.3, -0.25) is 14.9 Å². The van der Waals surface area contributed by atoms with Crippen molar-refractivity contribution >= 4 is 11.7 Å². The molecule has 0 amide bonds. The number of esters is 1. The van der Waals surface area contributed by atoms with Crippen LogP contribution in [-0.2, 0) is 4.74 Å². The molecule has 1 atom stereocenters. The lowest BCUT2D eigenvalue weighted by molar-refractivity contribution is 0.0526. The van der Waals surface area contributed by atoms with E-state index >= 15 is 0 Å². The van der Waals surface area contributed by atoms with E-state index < -0.39 is 0 Å². The minimum absolute atomic E-state index is 0.298. The van der Waals surface area contributed by atoms with Crippen molar-refractivity contribution in [2.24, 2.45) is 0 Å². The minimum atomic E-state index is -0.320. The molecule has 1 fully saturated rings. The predicted molar refractivity (Wildman–Crippen MR) is 96.6 cm³/mol. The Kier molecular flexibility index (Phi) is 5.60.